The predicted molar refractivity (Wildman–Crippen MR) is 109 cm³/mol. The van der Waals surface area contributed by atoms with Crippen LogP contribution in [0.25, 0.3) is 0 Å². The molecule has 0 radical (unpaired) electrons. The zero-order valence-electron chi connectivity index (χ0n) is 15.9. The Kier molecular flexibility index (Phi) is 6.61. The van der Waals surface area contributed by atoms with Gasteiger partial charge in [0.1, 0.15) is 12.4 Å². The van der Waals surface area contributed by atoms with Crippen molar-refractivity contribution in [2.24, 2.45) is 0 Å². The fourth-order valence-corrected chi connectivity index (χ4v) is 3.44. The highest BCUT2D eigenvalue weighted by Gasteiger charge is 2.12. The van der Waals surface area contributed by atoms with Crippen molar-refractivity contribution in [1.82, 2.24) is 14.5 Å². The van der Waals surface area contributed by atoms with E-state index in [9.17, 15) is 14.0 Å². The van der Waals surface area contributed by atoms with Gasteiger partial charge < -0.3 is 14.6 Å². The molecule has 0 aliphatic carbocycles. The number of aryl methyl sites for hydroxylation is 1. The van der Waals surface area contributed by atoms with Crippen molar-refractivity contribution >= 4 is 23.4 Å². The van der Waals surface area contributed by atoms with Gasteiger partial charge in [-0.3, -0.25) is 9.59 Å². The zero-order valence-corrected chi connectivity index (χ0v) is 16.7. The van der Waals surface area contributed by atoms with E-state index in [0.717, 1.165) is 5.69 Å². The summed E-state index contributed by atoms with van der Waals surface area (Å²) in [5.41, 5.74) is 1.52. The Hall–Kier alpha value is -3.20. The third-order valence-corrected chi connectivity index (χ3v) is 4.84. The van der Waals surface area contributed by atoms with E-state index in [0.29, 0.717) is 22.3 Å². The molecule has 150 valence electrons. The number of rotatable bonds is 7. The molecule has 1 N–H and O–H groups in total. The molecule has 0 atom stereocenters. The number of ether oxygens (including phenoxy) is 1. The first-order valence-corrected chi connectivity index (χ1v) is 9.68. The Bertz CT molecular complexity index is 1090. The van der Waals surface area contributed by atoms with E-state index in [1.54, 1.807) is 22.9 Å². The number of methoxy groups -OCH3 is 1. The van der Waals surface area contributed by atoms with Gasteiger partial charge in [0, 0.05) is 35.1 Å². The number of nitrogens with zero attached hydrogens (tertiary/aromatic N) is 3. The van der Waals surface area contributed by atoms with Gasteiger partial charge in [-0.25, -0.2) is 14.4 Å². The molecule has 0 bridgehead atoms. The van der Waals surface area contributed by atoms with Crippen LogP contribution in [0.5, 0.6) is 5.75 Å². The number of thioether (sulfide) groups is 1. The molecular weight excluding hydrogens is 395 g/mol. The summed E-state index contributed by atoms with van der Waals surface area (Å²) >= 11 is 1.35. The third-order valence-electron chi connectivity index (χ3n) is 3.95. The minimum absolute atomic E-state index is 0.0717. The number of amides is 1. The summed E-state index contributed by atoms with van der Waals surface area (Å²) in [5.74, 6) is -0.290. The lowest BCUT2D eigenvalue weighted by atomic mass is 10.3. The third kappa shape index (κ3) is 5.64. The summed E-state index contributed by atoms with van der Waals surface area (Å²) in [6, 6.07) is 8.86. The van der Waals surface area contributed by atoms with Crippen LogP contribution in [0.15, 0.2) is 58.7 Å². The molecule has 0 spiro atoms. The normalized spacial score (nSPS) is 10.6. The Morgan fingerprint density at radius 2 is 2.14 bits per heavy atom. The van der Waals surface area contributed by atoms with Gasteiger partial charge in [-0.1, -0.05) is 17.8 Å². The second-order valence-electron chi connectivity index (χ2n) is 6.15. The number of halogens is 1. The standard InChI is InChI=1S/C20H19FN4O3S/c1-13-6-7-22-20(23-13)29-12-16-9-17(26)18(28-2)10-25(16)11-19(27)24-15-5-3-4-14(21)8-15/h3-10H,11-12H2,1-2H3,(H,24,27). The maximum Gasteiger partial charge on any atom is 0.244 e. The quantitative estimate of drug-likeness (QED) is 0.472. The highest BCUT2D eigenvalue weighted by Crippen LogP contribution is 2.20. The number of hydrogen-bond acceptors (Lipinski definition) is 6. The van der Waals surface area contributed by atoms with E-state index in [-0.39, 0.29) is 23.6 Å². The predicted octanol–water partition coefficient (Wildman–Crippen LogP) is 3.03. The van der Waals surface area contributed by atoms with E-state index in [1.165, 1.54) is 49.3 Å². The van der Waals surface area contributed by atoms with Gasteiger partial charge in [0.25, 0.3) is 0 Å². The van der Waals surface area contributed by atoms with Crippen molar-refractivity contribution in [1.29, 1.82) is 0 Å². The van der Waals surface area contributed by atoms with E-state index in [2.05, 4.69) is 15.3 Å². The number of aromatic nitrogens is 3. The summed E-state index contributed by atoms with van der Waals surface area (Å²) in [4.78, 5) is 33.1. The Balaban J connectivity index is 1.80. The maximum atomic E-state index is 13.3. The fraction of sp³-hybridized carbons (Fsp3) is 0.200. The van der Waals surface area contributed by atoms with Crippen LogP contribution in [0.3, 0.4) is 0 Å². The monoisotopic (exact) mass is 414 g/mol. The van der Waals surface area contributed by atoms with Crippen molar-refractivity contribution in [3.8, 4) is 5.75 Å². The second kappa shape index (κ2) is 9.33. The van der Waals surface area contributed by atoms with Crippen molar-refractivity contribution in [3.63, 3.8) is 0 Å². The van der Waals surface area contributed by atoms with Gasteiger partial charge in [0.15, 0.2) is 10.9 Å². The molecular formula is C20H19FN4O3S. The maximum absolute atomic E-state index is 13.3. The van der Waals surface area contributed by atoms with Crippen molar-refractivity contribution in [2.75, 3.05) is 12.4 Å². The molecule has 0 aliphatic rings. The molecule has 0 saturated heterocycles. The number of carbonyl (C=O) groups is 1. The largest absolute Gasteiger partial charge is 0.491 e. The number of benzene rings is 1. The minimum Gasteiger partial charge on any atom is -0.491 e. The van der Waals surface area contributed by atoms with Gasteiger partial charge in [-0.15, -0.1) is 0 Å². The summed E-state index contributed by atoms with van der Waals surface area (Å²) < 4.78 is 20.0. The first-order valence-electron chi connectivity index (χ1n) is 8.70. The molecule has 1 aromatic carbocycles. The summed E-state index contributed by atoms with van der Waals surface area (Å²) in [5, 5.41) is 3.21. The lowest BCUT2D eigenvalue weighted by Gasteiger charge is -2.14. The smallest absolute Gasteiger partial charge is 0.244 e. The van der Waals surface area contributed by atoms with Gasteiger partial charge in [0.05, 0.1) is 13.3 Å². The van der Waals surface area contributed by atoms with Crippen molar-refractivity contribution in [3.05, 3.63) is 76.2 Å². The molecule has 29 heavy (non-hydrogen) atoms. The van der Waals surface area contributed by atoms with Crippen LogP contribution in [0.4, 0.5) is 10.1 Å². The number of pyridine rings is 1. The Morgan fingerprint density at radius 3 is 2.86 bits per heavy atom. The van der Waals surface area contributed by atoms with Crippen molar-refractivity contribution < 1.29 is 13.9 Å². The number of carbonyl (C=O) groups excluding carboxylic acids is 1. The molecule has 1 amide bonds. The summed E-state index contributed by atoms with van der Waals surface area (Å²) in [6.07, 6.45) is 3.15. The SMILES string of the molecule is COc1cn(CC(=O)Nc2cccc(F)c2)c(CSc2nccc(C)n2)cc1=O. The second-order valence-corrected chi connectivity index (χ2v) is 7.10. The van der Waals surface area contributed by atoms with E-state index < -0.39 is 5.82 Å². The molecule has 2 aromatic heterocycles. The average Bonchev–Trinajstić information content (AvgIpc) is 2.68. The lowest BCUT2D eigenvalue weighted by molar-refractivity contribution is -0.116. The Labute approximate surface area is 171 Å². The Morgan fingerprint density at radius 1 is 1.31 bits per heavy atom. The molecule has 0 unspecified atom stereocenters. The summed E-state index contributed by atoms with van der Waals surface area (Å²) in [7, 11) is 1.39. The van der Waals surface area contributed by atoms with Crippen LogP contribution in [0.1, 0.15) is 11.4 Å². The zero-order chi connectivity index (χ0) is 20.8. The van der Waals surface area contributed by atoms with Crippen LogP contribution >= 0.6 is 11.8 Å². The van der Waals surface area contributed by atoms with Gasteiger partial charge in [-0.05, 0) is 31.2 Å². The van der Waals surface area contributed by atoms with E-state index in [4.69, 9.17) is 4.74 Å². The molecule has 0 saturated carbocycles. The average molecular weight is 414 g/mol. The first kappa shape index (κ1) is 20.5. The number of nitrogens with one attached hydrogen (secondary N) is 1. The summed E-state index contributed by atoms with van der Waals surface area (Å²) in [6.45, 7) is 1.80. The molecule has 3 aromatic rings. The van der Waals surface area contributed by atoms with E-state index in [1.807, 2.05) is 6.92 Å². The highest BCUT2D eigenvalue weighted by atomic mass is 32.2. The van der Waals surface area contributed by atoms with Crippen LogP contribution in [-0.4, -0.2) is 27.6 Å². The lowest BCUT2D eigenvalue weighted by Crippen LogP contribution is -2.22. The minimum atomic E-state index is -0.442. The molecule has 0 fully saturated rings. The topological polar surface area (TPSA) is 86.1 Å². The molecule has 7 nitrogen and oxygen atoms in total. The fourth-order valence-electron chi connectivity index (χ4n) is 2.57. The van der Waals surface area contributed by atoms with Crippen molar-refractivity contribution in [2.45, 2.75) is 24.4 Å². The highest BCUT2D eigenvalue weighted by molar-refractivity contribution is 7.98. The molecule has 0 aliphatic heterocycles. The molecule has 2 heterocycles. The van der Waals surface area contributed by atoms with Gasteiger partial charge in [-0.2, -0.15) is 0 Å². The van der Waals surface area contributed by atoms with Gasteiger partial charge >= 0.3 is 0 Å². The van der Waals surface area contributed by atoms with Crippen LogP contribution in [0, 0.1) is 12.7 Å². The molecule has 9 heteroatoms. The van der Waals surface area contributed by atoms with E-state index >= 15 is 0 Å². The van der Waals surface area contributed by atoms with Crippen LogP contribution < -0.4 is 15.5 Å². The number of anilines is 1. The van der Waals surface area contributed by atoms with Crippen LogP contribution in [-0.2, 0) is 17.1 Å². The molecule has 3 rings (SSSR count). The van der Waals surface area contributed by atoms with Gasteiger partial charge in [0.2, 0.25) is 11.3 Å². The first-order chi connectivity index (χ1) is 13.9. The number of hydrogen-bond donors (Lipinski definition) is 1. The van der Waals surface area contributed by atoms with Crippen LogP contribution in [0.2, 0.25) is 0 Å².